The summed E-state index contributed by atoms with van der Waals surface area (Å²) in [4.78, 5) is 11.4. The van der Waals surface area contributed by atoms with Gasteiger partial charge in [0.15, 0.2) is 6.10 Å². The number of aromatic hydroxyl groups is 1. The lowest BCUT2D eigenvalue weighted by Crippen LogP contribution is -2.40. The summed E-state index contributed by atoms with van der Waals surface area (Å²) >= 11 is 0. The molecule has 1 aromatic carbocycles. The van der Waals surface area contributed by atoms with Gasteiger partial charge in [0, 0.05) is 18.2 Å². The molecule has 2 unspecified atom stereocenters. The van der Waals surface area contributed by atoms with Crippen LogP contribution >= 0.6 is 0 Å². The van der Waals surface area contributed by atoms with Crippen molar-refractivity contribution in [1.82, 2.24) is 0 Å². The molecule has 136 valence electrons. The van der Waals surface area contributed by atoms with Crippen LogP contribution in [0.25, 0.3) is 0 Å². The smallest absolute Gasteiger partial charge is 0.337 e. The summed E-state index contributed by atoms with van der Waals surface area (Å²) in [6.07, 6.45) is 0.559. The van der Waals surface area contributed by atoms with Crippen molar-refractivity contribution in [1.29, 1.82) is 0 Å². The van der Waals surface area contributed by atoms with E-state index in [2.05, 4.69) is 0 Å². The number of aryl methyl sites for hydroxylation is 1. The van der Waals surface area contributed by atoms with Crippen LogP contribution in [0.2, 0.25) is 0 Å². The number of aliphatic carboxylic acids is 1. The van der Waals surface area contributed by atoms with Gasteiger partial charge >= 0.3 is 5.97 Å². The minimum Gasteiger partial charge on any atom is -0.507 e. The Morgan fingerprint density at radius 2 is 2.08 bits per heavy atom. The van der Waals surface area contributed by atoms with E-state index in [1.54, 1.807) is 19.1 Å². The summed E-state index contributed by atoms with van der Waals surface area (Å²) in [6, 6.07) is 3.29. The van der Waals surface area contributed by atoms with Crippen molar-refractivity contribution in [2.75, 3.05) is 20.3 Å². The van der Waals surface area contributed by atoms with Crippen LogP contribution in [-0.2, 0) is 20.0 Å². The quantitative estimate of drug-likeness (QED) is 0.377. The fourth-order valence-electron chi connectivity index (χ4n) is 2.68. The zero-order valence-corrected chi connectivity index (χ0v) is 14.5. The molecule has 0 saturated carbocycles. The van der Waals surface area contributed by atoms with Gasteiger partial charge in [-0.3, -0.25) is 5.73 Å². The molecule has 0 saturated heterocycles. The molecule has 6 N–H and O–H groups in total. The van der Waals surface area contributed by atoms with E-state index in [0.29, 0.717) is 31.6 Å². The van der Waals surface area contributed by atoms with Crippen LogP contribution in [0.1, 0.15) is 49.0 Å². The molecule has 2 atom stereocenters. The van der Waals surface area contributed by atoms with E-state index in [1.807, 2.05) is 6.92 Å². The van der Waals surface area contributed by atoms with Crippen LogP contribution in [0.4, 0.5) is 0 Å². The van der Waals surface area contributed by atoms with Crippen molar-refractivity contribution in [2.24, 2.45) is 11.5 Å². The van der Waals surface area contributed by atoms with Gasteiger partial charge in [0.25, 0.3) is 0 Å². The third kappa shape index (κ3) is 4.67. The largest absolute Gasteiger partial charge is 0.507 e. The molecule has 0 aliphatic heterocycles. The van der Waals surface area contributed by atoms with Crippen molar-refractivity contribution in [3.05, 3.63) is 28.8 Å². The van der Waals surface area contributed by atoms with Crippen molar-refractivity contribution < 1.29 is 24.5 Å². The molecule has 0 bridgehead atoms. The molecule has 1 aromatic rings. The molecule has 0 heterocycles. The number of ether oxygens (including phenoxy) is 2. The number of benzene rings is 1. The molecule has 0 aliphatic carbocycles. The van der Waals surface area contributed by atoms with E-state index in [9.17, 15) is 15.0 Å². The molecular weight excluding hydrogens is 312 g/mol. The average molecular weight is 340 g/mol. The predicted molar refractivity (Wildman–Crippen MR) is 90.6 cm³/mol. The molecular formula is C17H28N2O5. The maximum atomic E-state index is 11.4. The van der Waals surface area contributed by atoms with Gasteiger partial charge in [0.1, 0.15) is 11.5 Å². The number of methoxy groups -OCH3 is 1. The highest BCUT2D eigenvalue weighted by Gasteiger charge is 2.34. The summed E-state index contributed by atoms with van der Waals surface area (Å²) in [5, 5.41) is 20.0. The number of nitrogens with two attached hydrogens (primary N) is 2. The van der Waals surface area contributed by atoms with Gasteiger partial charge < -0.3 is 25.4 Å². The fraction of sp³-hybridized carbons (Fsp3) is 0.588. The molecule has 1 rings (SSSR count). The first-order valence-electron chi connectivity index (χ1n) is 8.03. The molecule has 0 spiro atoms. The van der Waals surface area contributed by atoms with Crippen LogP contribution in [0.3, 0.4) is 0 Å². The number of phenols is 1. The number of carboxylic acid groups (broad SMARTS) is 1. The number of phenolic OH excluding ortho intramolecular Hbond substituents is 1. The lowest BCUT2D eigenvalue weighted by atomic mass is 9.91. The Balaban J connectivity index is 3.38. The van der Waals surface area contributed by atoms with Crippen molar-refractivity contribution in [3.8, 4) is 5.75 Å². The third-order valence-corrected chi connectivity index (χ3v) is 3.81. The van der Waals surface area contributed by atoms with Crippen LogP contribution < -0.4 is 11.5 Å². The Morgan fingerprint density at radius 1 is 1.42 bits per heavy atom. The molecule has 0 aromatic heterocycles. The Labute approximate surface area is 142 Å². The van der Waals surface area contributed by atoms with E-state index >= 15 is 0 Å². The zero-order valence-electron chi connectivity index (χ0n) is 14.5. The lowest BCUT2D eigenvalue weighted by Gasteiger charge is -2.32. The standard InChI is InChI=1S/C17H28N2O5/c1-4-6-17(19,24-8-5-7-18)13-10-11(2)9-12(14(13)20)15(23-3)16(21)22/h9-10,15,20H,4-8,18-19H2,1-3H3,(H,21,22). The first kappa shape index (κ1) is 20.4. The summed E-state index contributed by atoms with van der Waals surface area (Å²) in [5.74, 6) is -1.40. The lowest BCUT2D eigenvalue weighted by molar-refractivity contribution is -0.149. The molecule has 0 radical (unpaired) electrons. The Bertz CT molecular complexity index is 564. The minimum atomic E-state index is -1.28. The Kier molecular flexibility index (Phi) is 7.62. The highest BCUT2D eigenvalue weighted by molar-refractivity contribution is 5.76. The van der Waals surface area contributed by atoms with Crippen LogP contribution in [0.5, 0.6) is 5.75 Å². The molecule has 7 nitrogen and oxygen atoms in total. The SMILES string of the molecule is CCCC(N)(OCCCN)c1cc(C)cc(C(OC)C(=O)O)c1O. The van der Waals surface area contributed by atoms with Gasteiger partial charge in [-0.2, -0.15) is 0 Å². The summed E-state index contributed by atoms with van der Waals surface area (Å²) in [5.41, 5.74) is 12.0. The highest BCUT2D eigenvalue weighted by atomic mass is 16.5. The Morgan fingerprint density at radius 3 is 2.58 bits per heavy atom. The zero-order chi connectivity index (χ0) is 18.3. The van der Waals surface area contributed by atoms with Gasteiger partial charge in [-0.1, -0.05) is 18.9 Å². The first-order chi connectivity index (χ1) is 11.3. The predicted octanol–water partition coefficient (Wildman–Crippen LogP) is 1.75. The molecule has 0 amide bonds. The summed E-state index contributed by atoms with van der Waals surface area (Å²) in [7, 11) is 1.28. The second kappa shape index (κ2) is 8.98. The number of hydrogen-bond donors (Lipinski definition) is 4. The number of rotatable bonds is 10. The number of hydrogen-bond acceptors (Lipinski definition) is 6. The second-order valence-electron chi connectivity index (χ2n) is 5.83. The second-order valence-corrected chi connectivity index (χ2v) is 5.83. The summed E-state index contributed by atoms with van der Waals surface area (Å²) in [6.45, 7) is 4.57. The van der Waals surface area contributed by atoms with Gasteiger partial charge in [-0.25, -0.2) is 4.79 Å². The average Bonchev–Trinajstić information content (AvgIpc) is 2.51. The topological polar surface area (TPSA) is 128 Å². The Hall–Kier alpha value is -1.67. The molecule has 7 heteroatoms. The molecule has 0 fully saturated rings. The van der Waals surface area contributed by atoms with E-state index in [4.69, 9.17) is 20.9 Å². The first-order valence-corrected chi connectivity index (χ1v) is 8.03. The molecule has 24 heavy (non-hydrogen) atoms. The van der Waals surface area contributed by atoms with E-state index in [1.165, 1.54) is 7.11 Å². The third-order valence-electron chi connectivity index (χ3n) is 3.81. The summed E-state index contributed by atoms with van der Waals surface area (Å²) < 4.78 is 10.8. The van der Waals surface area contributed by atoms with Gasteiger partial charge in [0.2, 0.25) is 0 Å². The molecule has 0 aliphatic rings. The number of carboxylic acids is 1. The normalized spacial score (nSPS) is 15.0. The van der Waals surface area contributed by atoms with E-state index in [0.717, 1.165) is 12.0 Å². The van der Waals surface area contributed by atoms with E-state index in [-0.39, 0.29) is 11.3 Å². The van der Waals surface area contributed by atoms with Crippen LogP contribution in [-0.4, -0.2) is 36.4 Å². The maximum Gasteiger partial charge on any atom is 0.337 e. The van der Waals surface area contributed by atoms with Crippen molar-refractivity contribution in [2.45, 2.75) is 44.9 Å². The van der Waals surface area contributed by atoms with Crippen LogP contribution in [0.15, 0.2) is 12.1 Å². The van der Waals surface area contributed by atoms with Crippen molar-refractivity contribution in [3.63, 3.8) is 0 Å². The highest BCUT2D eigenvalue weighted by Crippen LogP contribution is 2.38. The van der Waals surface area contributed by atoms with Gasteiger partial charge in [0.05, 0.1) is 6.61 Å². The van der Waals surface area contributed by atoms with Crippen LogP contribution in [0, 0.1) is 6.92 Å². The van der Waals surface area contributed by atoms with E-state index < -0.39 is 17.8 Å². The number of carbonyl (C=O) groups is 1. The van der Waals surface area contributed by atoms with Gasteiger partial charge in [-0.15, -0.1) is 0 Å². The van der Waals surface area contributed by atoms with Crippen molar-refractivity contribution >= 4 is 5.97 Å². The fourth-order valence-corrected chi connectivity index (χ4v) is 2.68. The minimum absolute atomic E-state index is 0.161. The monoisotopic (exact) mass is 340 g/mol. The maximum absolute atomic E-state index is 11.4. The van der Waals surface area contributed by atoms with Gasteiger partial charge in [-0.05, 0) is 38.4 Å².